The minimum Gasteiger partial charge on any atom is -0.480 e. The molecule has 6 heteroatoms. The standard InChI is InChI=1S/C8H12N2O3S/c1-5-9-10-6(13-5)4-14-8(2,3)7(11)12/h4H2,1-3H3,(H,11,12). The summed E-state index contributed by atoms with van der Waals surface area (Å²) in [6.07, 6.45) is 0. The maximum Gasteiger partial charge on any atom is 0.319 e. The zero-order chi connectivity index (χ0) is 10.8. The summed E-state index contributed by atoms with van der Waals surface area (Å²) in [7, 11) is 0. The average Bonchev–Trinajstić information content (AvgIpc) is 2.48. The van der Waals surface area contributed by atoms with Crippen molar-refractivity contribution in [1.29, 1.82) is 0 Å². The molecule has 0 aliphatic carbocycles. The summed E-state index contributed by atoms with van der Waals surface area (Å²) < 4.78 is 4.29. The Bertz CT molecular complexity index is 335. The number of nitrogens with zero attached hydrogens (tertiary/aromatic N) is 2. The third-order valence-electron chi connectivity index (χ3n) is 1.64. The van der Waals surface area contributed by atoms with E-state index in [2.05, 4.69) is 10.2 Å². The molecule has 1 N–H and O–H groups in total. The number of hydrogen-bond acceptors (Lipinski definition) is 5. The average molecular weight is 216 g/mol. The highest BCUT2D eigenvalue weighted by Gasteiger charge is 2.28. The summed E-state index contributed by atoms with van der Waals surface area (Å²) in [6.45, 7) is 4.98. The Labute approximate surface area is 85.9 Å². The third kappa shape index (κ3) is 2.73. The molecule has 0 radical (unpaired) electrons. The molecule has 0 atom stereocenters. The fourth-order valence-corrected chi connectivity index (χ4v) is 1.42. The summed E-state index contributed by atoms with van der Waals surface area (Å²) in [4.78, 5) is 10.8. The van der Waals surface area contributed by atoms with Crippen LogP contribution in [0.5, 0.6) is 0 Å². The van der Waals surface area contributed by atoms with E-state index >= 15 is 0 Å². The Morgan fingerprint density at radius 2 is 2.21 bits per heavy atom. The summed E-state index contributed by atoms with van der Waals surface area (Å²) in [6, 6.07) is 0. The first-order valence-electron chi connectivity index (χ1n) is 4.08. The molecular formula is C8H12N2O3S. The summed E-state index contributed by atoms with van der Waals surface area (Å²) in [5.74, 6) is 0.523. The number of aliphatic carboxylic acids is 1. The van der Waals surface area contributed by atoms with E-state index in [1.165, 1.54) is 11.8 Å². The molecule has 78 valence electrons. The molecule has 0 saturated carbocycles. The molecule has 5 nitrogen and oxygen atoms in total. The van der Waals surface area contributed by atoms with Crippen molar-refractivity contribution in [2.24, 2.45) is 0 Å². The monoisotopic (exact) mass is 216 g/mol. The highest BCUT2D eigenvalue weighted by atomic mass is 32.2. The van der Waals surface area contributed by atoms with Gasteiger partial charge in [-0.1, -0.05) is 0 Å². The molecule has 0 fully saturated rings. The second kappa shape index (κ2) is 4.00. The smallest absolute Gasteiger partial charge is 0.319 e. The molecule has 0 amide bonds. The molecule has 0 spiro atoms. The van der Waals surface area contributed by atoms with Crippen molar-refractivity contribution in [3.63, 3.8) is 0 Å². The first-order valence-corrected chi connectivity index (χ1v) is 5.07. The molecular weight excluding hydrogens is 204 g/mol. The summed E-state index contributed by atoms with van der Waals surface area (Å²) in [5.41, 5.74) is 0. The minimum absolute atomic E-state index is 0.417. The lowest BCUT2D eigenvalue weighted by Gasteiger charge is -2.16. The van der Waals surface area contributed by atoms with Gasteiger partial charge < -0.3 is 9.52 Å². The van der Waals surface area contributed by atoms with Gasteiger partial charge in [-0.3, -0.25) is 4.79 Å². The van der Waals surface area contributed by atoms with Crippen LogP contribution in [0.25, 0.3) is 0 Å². The van der Waals surface area contributed by atoms with E-state index in [4.69, 9.17) is 9.52 Å². The number of thioether (sulfide) groups is 1. The molecule has 0 bridgehead atoms. The van der Waals surface area contributed by atoms with Crippen molar-refractivity contribution in [3.8, 4) is 0 Å². The van der Waals surface area contributed by atoms with Crippen LogP contribution in [0.15, 0.2) is 4.42 Å². The largest absolute Gasteiger partial charge is 0.480 e. The topological polar surface area (TPSA) is 76.2 Å². The van der Waals surface area contributed by atoms with E-state index in [1.54, 1.807) is 20.8 Å². The fourth-order valence-electron chi connectivity index (χ4n) is 0.700. The molecule has 0 aromatic carbocycles. The molecule has 0 aliphatic heterocycles. The predicted octanol–water partition coefficient (Wildman–Crippen LogP) is 1.47. The van der Waals surface area contributed by atoms with Crippen LogP contribution in [0.4, 0.5) is 0 Å². The van der Waals surface area contributed by atoms with Gasteiger partial charge in [-0.05, 0) is 13.8 Å². The molecule has 1 heterocycles. The van der Waals surface area contributed by atoms with Crippen LogP contribution in [0.3, 0.4) is 0 Å². The third-order valence-corrected chi connectivity index (χ3v) is 2.93. The van der Waals surface area contributed by atoms with Crippen LogP contribution in [0.1, 0.15) is 25.6 Å². The zero-order valence-corrected chi connectivity index (χ0v) is 9.09. The van der Waals surface area contributed by atoms with Crippen molar-refractivity contribution in [2.45, 2.75) is 31.3 Å². The number of hydrogen-bond donors (Lipinski definition) is 1. The lowest BCUT2D eigenvalue weighted by atomic mass is 10.2. The highest BCUT2D eigenvalue weighted by Crippen LogP contribution is 2.27. The highest BCUT2D eigenvalue weighted by molar-refractivity contribution is 8.00. The summed E-state index contributed by atoms with van der Waals surface area (Å²) >= 11 is 1.26. The van der Waals surface area contributed by atoms with Crippen LogP contribution in [0.2, 0.25) is 0 Å². The van der Waals surface area contributed by atoms with E-state index in [-0.39, 0.29) is 0 Å². The molecule has 0 aliphatic rings. The van der Waals surface area contributed by atoms with E-state index in [9.17, 15) is 4.79 Å². The van der Waals surface area contributed by atoms with Gasteiger partial charge in [0.05, 0.1) is 5.75 Å². The van der Waals surface area contributed by atoms with Crippen molar-refractivity contribution < 1.29 is 14.3 Å². The second-order valence-electron chi connectivity index (χ2n) is 3.32. The second-order valence-corrected chi connectivity index (χ2v) is 4.92. The molecule has 1 rings (SSSR count). The van der Waals surface area contributed by atoms with Crippen LogP contribution < -0.4 is 0 Å². The number of rotatable bonds is 4. The predicted molar refractivity (Wildman–Crippen MR) is 52.0 cm³/mol. The molecule has 1 aromatic rings. The Kier molecular flexibility index (Phi) is 3.15. The van der Waals surface area contributed by atoms with Crippen LogP contribution >= 0.6 is 11.8 Å². The van der Waals surface area contributed by atoms with Gasteiger partial charge in [-0.15, -0.1) is 22.0 Å². The molecule has 1 aromatic heterocycles. The van der Waals surface area contributed by atoms with E-state index in [1.807, 2.05) is 0 Å². The lowest BCUT2D eigenvalue weighted by Crippen LogP contribution is -2.27. The van der Waals surface area contributed by atoms with Crippen molar-refractivity contribution in [3.05, 3.63) is 11.8 Å². The Hall–Kier alpha value is -1.04. The minimum atomic E-state index is -0.848. The van der Waals surface area contributed by atoms with Gasteiger partial charge in [-0.25, -0.2) is 0 Å². The number of carboxylic acids is 1. The first-order chi connectivity index (χ1) is 6.42. The van der Waals surface area contributed by atoms with Gasteiger partial charge in [0, 0.05) is 6.92 Å². The number of aromatic nitrogens is 2. The fraction of sp³-hybridized carbons (Fsp3) is 0.625. The van der Waals surface area contributed by atoms with Crippen LogP contribution in [-0.4, -0.2) is 26.0 Å². The van der Waals surface area contributed by atoms with E-state index in [0.29, 0.717) is 17.5 Å². The SMILES string of the molecule is Cc1nnc(CSC(C)(C)C(=O)O)o1. The van der Waals surface area contributed by atoms with Crippen LogP contribution in [-0.2, 0) is 10.5 Å². The molecule has 0 unspecified atom stereocenters. The van der Waals surface area contributed by atoms with Crippen molar-refractivity contribution >= 4 is 17.7 Å². The first kappa shape index (κ1) is 11.0. The van der Waals surface area contributed by atoms with Gasteiger partial charge in [-0.2, -0.15) is 0 Å². The van der Waals surface area contributed by atoms with Gasteiger partial charge in [0.25, 0.3) is 0 Å². The summed E-state index contributed by atoms with van der Waals surface area (Å²) in [5, 5.41) is 16.3. The van der Waals surface area contributed by atoms with Gasteiger partial charge in [0.1, 0.15) is 4.75 Å². The maximum absolute atomic E-state index is 10.8. The van der Waals surface area contributed by atoms with Crippen LogP contribution in [0, 0.1) is 6.92 Å². The van der Waals surface area contributed by atoms with E-state index < -0.39 is 10.7 Å². The molecule has 0 saturated heterocycles. The quantitative estimate of drug-likeness (QED) is 0.821. The number of carbonyl (C=O) groups is 1. The van der Waals surface area contributed by atoms with Crippen molar-refractivity contribution in [1.82, 2.24) is 10.2 Å². The normalized spacial score (nSPS) is 11.6. The van der Waals surface area contributed by atoms with Gasteiger partial charge >= 0.3 is 5.97 Å². The molecule has 14 heavy (non-hydrogen) atoms. The Morgan fingerprint density at radius 1 is 1.57 bits per heavy atom. The Balaban J connectivity index is 2.52. The lowest BCUT2D eigenvalue weighted by molar-refractivity contribution is -0.138. The Morgan fingerprint density at radius 3 is 2.64 bits per heavy atom. The van der Waals surface area contributed by atoms with Gasteiger partial charge in [0.2, 0.25) is 11.8 Å². The van der Waals surface area contributed by atoms with E-state index in [0.717, 1.165) is 0 Å². The van der Waals surface area contributed by atoms with Gasteiger partial charge in [0.15, 0.2) is 0 Å². The number of aryl methyl sites for hydroxylation is 1. The number of carboxylic acid groups (broad SMARTS) is 1. The maximum atomic E-state index is 10.8. The van der Waals surface area contributed by atoms with Crippen molar-refractivity contribution in [2.75, 3.05) is 0 Å². The zero-order valence-electron chi connectivity index (χ0n) is 8.27.